The minimum atomic E-state index is -0.436. The number of fused-ring (bicyclic) bond motifs is 1. The number of aryl methyl sites for hydroxylation is 2. The summed E-state index contributed by atoms with van der Waals surface area (Å²) in [6, 6.07) is 19.1. The highest BCUT2D eigenvalue weighted by molar-refractivity contribution is 6.35. The van der Waals surface area contributed by atoms with Gasteiger partial charge in [-0.2, -0.15) is 0 Å². The van der Waals surface area contributed by atoms with Crippen LogP contribution in [0.15, 0.2) is 73.1 Å². The molecule has 4 aromatic rings. The summed E-state index contributed by atoms with van der Waals surface area (Å²) in [5.74, 6) is -0.534. The van der Waals surface area contributed by atoms with Gasteiger partial charge >= 0.3 is 0 Å². The smallest absolute Gasteiger partial charge is 0.266 e. The van der Waals surface area contributed by atoms with Crippen molar-refractivity contribution < 1.29 is 14.4 Å². The number of imide groups is 1. The number of benzene rings is 3. The van der Waals surface area contributed by atoms with Gasteiger partial charge in [-0.3, -0.25) is 14.4 Å². The number of carbonyl (C=O) groups excluding carboxylic acids is 3. The van der Waals surface area contributed by atoms with Crippen LogP contribution in [-0.4, -0.2) is 27.7 Å². The highest BCUT2D eigenvalue weighted by atomic mass is 16.2. The zero-order valence-corrected chi connectivity index (χ0v) is 20.0. The molecule has 0 saturated carbocycles. The number of amides is 3. The summed E-state index contributed by atoms with van der Waals surface area (Å²) in [7, 11) is 0. The lowest BCUT2D eigenvalue weighted by Gasteiger charge is -2.17. The first kappa shape index (κ1) is 22.9. The van der Waals surface area contributed by atoms with Crippen LogP contribution in [0.4, 0.5) is 22.9 Å². The van der Waals surface area contributed by atoms with Crippen LogP contribution >= 0.6 is 0 Å². The van der Waals surface area contributed by atoms with Crippen LogP contribution in [-0.2, 0) is 0 Å². The first-order valence-electron chi connectivity index (χ1n) is 11.4. The zero-order valence-electron chi connectivity index (χ0n) is 20.0. The summed E-state index contributed by atoms with van der Waals surface area (Å²) in [6.45, 7) is 5.69. The van der Waals surface area contributed by atoms with Gasteiger partial charge in [0.15, 0.2) is 0 Å². The quantitative estimate of drug-likeness (QED) is 0.383. The Morgan fingerprint density at radius 1 is 0.806 bits per heavy atom. The van der Waals surface area contributed by atoms with Crippen LogP contribution in [0, 0.1) is 20.8 Å². The van der Waals surface area contributed by atoms with Crippen LogP contribution in [0.25, 0.3) is 0 Å². The molecule has 2 N–H and O–H groups in total. The van der Waals surface area contributed by atoms with Crippen molar-refractivity contribution in [3.8, 4) is 0 Å². The number of carbonyl (C=O) groups is 3. The summed E-state index contributed by atoms with van der Waals surface area (Å²) in [4.78, 5) is 48.5. The van der Waals surface area contributed by atoms with Gasteiger partial charge in [0.2, 0.25) is 0 Å². The molecule has 1 aromatic heterocycles. The zero-order chi connectivity index (χ0) is 25.4. The van der Waals surface area contributed by atoms with Gasteiger partial charge in [0.1, 0.15) is 12.1 Å². The van der Waals surface area contributed by atoms with Gasteiger partial charge in [0.25, 0.3) is 17.7 Å². The third-order valence-corrected chi connectivity index (χ3v) is 6.18. The second-order valence-electron chi connectivity index (χ2n) is 8.63. The molecule has 1 aliphatic rings. The minimum Gasteiger partial charge on any atom is -0.340 e. The molecule has 0 aliphatic carbocycles. The molecular weight excluding hydrogens is 454 g/mol. The molecule has 0 radical (unpaired) electrons. The molecule has 2 heterocycles. The van der Waals surface area contributed by atoms with Gasteiger partial charge in [0, 0.05) is 28.7 Å². The maximum absolute atomic E-state index is 13.2. The monoisotopic (exact) mass is 477 g/mol. The Morgan fingerprint density at radius 3 is 2.28 bits per heavy atom. The molecule has 5 rings (SSSR count). The Hall–Kier alpha value is -4.85. The number of rotatable bonds is 5. The van der Waals surface area contributed by atoms with E-state index >= 15 is 0 Å². The SMILES string of the molecule is Cc1cc(Nc2ccc(NC(=O)c3ccc4c(c3)C(=O)N(c3cccc(C)c3C)C4=O)cc2)ncn1. The molecular formula is C28H23N5O3. The Kier molecular flexibility index (Phi) is 5.77. The van der Waals surface area contributed by atoms with Crippen LogP contribution < -0.4 is 15.5 Å². The molecule has 36 heavy (non-hydrogen) atoms. The summed E-state index contributed by atoms with van der Waals surface area (Å²) in [5.41, 5.74) is 5.43. The Morgan fingerprint density at radius 2 is 1.53 bits per heavy atom. The number of nitrogens with zero attached hydrogens (tertiary/aromatic N) is 3. The van der Waals surface area contributed by atoms with Gasteiger partial charge in [-0.15, -0.1) is 0 Å². The summed E-state index contributed by atoms with van der Waals surface area (Å²) in [5, 5.41) is 6.01. The van der Waals surface area contributed by atoms with E-state index < -0.39 is 11.8 Å². The van der Waals surface area contributed by atoms with Crippen LogP contribution in [0.1, 0.15) is 47.9 Å². The van der Waals surface area contributed by atoms with E-state index in [-0.39, 0.29) is 22.6 Å². The van der Waals surface area contributed by atoms with E-state index in [2.05, 4.69) is 20.6 Å². The molecule has 1 aliphatic heterocycles. The highest BCUT2D eigenvalue weighted by Crippen LogP contribution is 2.32. The highest BCUT2D eigenvalue weighted by Gasteiger charge is 2.37. The standard InChI is InChI=1S/C28H23N5O3/c1-16-5-4-6-24(18(16)3)33-27(35)22-12-7-19(14-23(22)28(33)36)26(34)32-21-10-8-20(9-11-21)31-25-13-17(2)29-15-30-25/h4-15H,1-3H3,(H,32,34)(H,29,30,31). The van der Waals surface area contributed by atoms with E-state index in [1.807, 2.05) is 51.1 Å². The molecule has 0 unspecified atom stereocenters. The van der Waals surface area contributed by atoms with Crippen molar-refractivity contribution in [2.75, 3.05) is 15.5 Å². The average molecular weight is 478 g/mol. The number of hydrogen-bond acceptors (Lipinski definition) is 6. The molecule has 0 saturated heterocycles. The Balaban J connectivity index is 1.32. The summed E-state index contributed by atoms with van der Waals surface area (Å²) >= 11 is 0. The molecule has 3 aromatic carbocycles. The first-order chi connectivity index (χ1) is 17.3. The largest absolute Gasteiger partial charge is 0.340 e. The molecule has 178 valence electrons. The number of anilines is 4. The van der Waals surface area contributed by atoms with E-state index in [0.717, 1.165) is 22.5 Å². The van der Waals surface area contributed by atoms with Crippen molar-refractivity contribution in [1.82, 2.24) is 9.97 Å². The first-order valence-corrected chi connectivity index (χ1v) is 11.4. The second-order valence-corrected chi connectivity index (χ2v) is 8.63. The molecule has 8 heteroatoms. The predicted octanol–water partition coefficient (Wildman–Crippen LogP) is 5.20. The lowest BCUT2D eigenvalue weighted by atomic mass is 10.1. The number of aromatic nitrogens is 2. The van der Waals surface area contributed by atoms with E-state index in [0.29, 0.717) is 17.2 Å². The van der Waals surface area contributed by atoms with Crippen molar-refractivity contribution in [3.63, 3.8) is 0 Å². The molecule has 0 fully saturated rings. The fourth-order valence-electron chi connectivity index (χ4n) is 4.09. The van der Waals surface area contributed by atoms with Gasteiger partial charge < -0.3 is 10.6 Å². The number of nitrogens with one attached hydrogen (secondary N) is 2. The average Bonchev–Trinajstić information content (AvgIpc) is 3.11. The predicted molar refractivity (Wildman–Crippen MR) is 138 cm³/mol. The molecule has 0 spiro atoms. The van der Waals surface area contributed by atoms with E-state index in [4.69, 9.17) is 0 Å². The second kappa shape index (κ2) is 9.07. The molecule has 8 nitrogen and oxygen atoms in total. The molecule has 0 bridgehead atoms. The number of hydrogen-bond donors (Lipinski definition) is 2. The minimum absolute atomic E-state index is 0.216. The maximum Gasteiger partial charge on any atom is 0.266 e. The Bertz CT molecular complexity index is 1530. The van der Waals surface area contributed by atoms with Gasteiger partial charge in [-0.05, 0) is 80.4 Å². The lowest BCUT2D eigenvalue weighted by molar-refractivity contribution is 0.0925. The Labute approximate surface area is 208 Å². The third-order valence-electron chi connectivity index (χ3n) is 6.18. The van der Waals surface area contributed by atoms with Gasteiger partial charge in [0.05, 0.1) is 16.8 Å². The van der Waals surface area contributed by atoms with Gasteiger partial charge in [-0.25, -0.2) is 14.9 Å². The molecule has 3 amide bonds. The normalized spacial score (nSPS) is 12.5. The van der Waals surface area contributed by atoms with E-state index in [1.165, 1.54) is 23.4 Å². The van der Waals surface area contributed by atoms with E-state index in [9.17, 15) is 14.4 Å². The molecule has 0 atom stereocenters. The third kappa shape index (κ3) is 4.20. The van der Waals surface area contributed by atoms with Crippen molar-refractivity contribution in [3.05, 3.63) is 107 Å². The maximum atomic E-state index is 13.2. The van der Waals surface area contributed by atoms with Crippen LogP contribution in [0.5, 0.6) is 0 Å². The van der Waals surface area contributed by atoms with E-state index in [1.54, 1.807) is 24.3 Å². The van der Waals surface area contributed by atoms with Crippen LogP contribution in [0.2, 0.25) is 0 Å². The van der Waals surface area contributed by atoms with Crippen LogP contribution in [0.3, 0.4) is 0 Å². The van der Waals surface area contributed by atoms with Gasteiger partial charge in [-0.1, -0.05) is 12.1 Å². The summed E-state index contributed by atoms with van der Waals surface area (Å²) in [6.07, 6.45) is 1.49. The lowest BCUT2D eigenvalue weighted by Crippen LogP contribution is -2.30. The van der Waals surface area contributed by atoms with Crippen molar-refractivity contribution in [2.24, 2.45) is 0 Å². The van der Waals surface area contributed by atoms with Crippen molar-refractivity contribution in [1.29, 1.82) is 0 Å². The summed E-state index contributed by atoms with van der Waals surface area (Å²) < 4.78 is 0. The fraction of sp³-hybridized carbons (Fsp3) is 0.107. The topological polar surface area (TPSA) is 104 Å². The fourth-order valence-corrected chi connectivity index (χ4v) is 4.09. The van der Waals surface area contributed by atoms with Crippen molar-refractivity contribution in [2.45, 2.75) is 20.8 Å². The van der Waals surface area contributed by atoms with Crippen molar-refractivity contribution >= 4 is 40.6 Å².